The first-order valence-corrected chi connectivity index (χ1v) is 8.60. The Morgan fingerprint density at radius 1 is 1.21 bits per heavy atom. The number of aliphatic imine (C=N–C) groups is 1. The summed E-state index contributed by atoms with van der Waals surface area (Å²) in [6.45, 7) is 5.92. The second kappa shape index (κ2) is 9.93. The molecule has 6 nitrogen and oxygen atoms in total. The van der Waals surface area contributed by atoms with E-state index in [1.807, 2.05) is 30.0 Å². The minimum absolute atomic E-state index is 0.137. The molecular weight excluding hydrogens is 304 g/mol. The highest BCUT2D eigenvalue weighted by Gasteiger charge is 2.17. The van der Waals surface area contributed by atoms with Gasteiger partial charge < -0.3 is 20.3 Å². The molecule has 0 radical (unpaired) electrons. The molecule has 1 saturated heterocycles. The molecule has 1 aliphatic heterocycles. The van der Waals surface area contributed by atoms with E-state index in [2.05, 4.69) is 21.7 Å². The van der Waals surface area contributed by atoms with E-state index in [0.29, 0.717) is 19.1 Å². The second-order valence-electron chi connectivity index (χ2n) is 5.84. The van der Waals surface area contributed by atoms with Crippen molar-refractivity contribution < 1.29 is 9.53 Å². The maximum atomic E-state index is 12.1. The first-order valence-electron chi connectivity index (χ1n) is 8.60. The average Bonchev–Trinajstić information content (AvgIpc) is 3.13. The third-order valence-corrected chi connectivity index (χ3v) is 4.04. The summed E-state index contributed by atoms with van der Waals surface area (Å²) in [7, 11) is 1.69. The van der Waals surface area contributed by atoms with Crippen molar-refractivity contribution >= 4 is 11.9 Å². The minimum atomic E-state index is 0.137. The van der Waals surface area contributed by atoms with Crippen LogP contribution in [0.2, 0.25) is 0 Å². The van der Waals surface area contributed by atoms with Crippen LogP contribution < -0.4 is 10.6 Å². The number of rotatable bonds is 7. The molecule has 0 unspecified atom stereocenters. The number of nitrogens with zero attached hydrogens (tertiary/aromatic N) is 2. The molecule has 2 rings (SSSR count). The lowest BCUT2D eigenvalue weighted by Crippen LogP contribution is -2.44. The Kier molecular flexibility index (Phi) is 7.55. The van der Waals surface area contributed by atoms with E-state index in [4.69, 9.17) is 4.74 Å². The van der Waals surface area contributed by atoms with Crippen molar-refractivity contribution in [1.29, 1.82) is 0 Å². The molecule has 1 aliphatic rings. The molecule has 1 amide bonds. The zero-order valence-electron chi connectivity index (χ0n) is 14.7. The largest absolute Gasteiger partial charge is 0.380 e. The highest BCUT2D eigenvalue weighted by molar-refractivity contribution is 5.86. The molecule has 0 bridgehead atoms. The number of hydrogen-bond donors (Lipinski definition) is 2. The number of carbonyl (C=O) groups excluding carboxylic acids is 1. The molecule has 1 aromatic carbocycles. The van der Waals surface area contributed by atoms with Gasteiger partial charge in [0.15, 0.2) is 5.96 Å². The van der Waals surface area contributed by atoms with Crippen molar-refractivity contribution in [2.24, 2.45) is 4.99 Å². The van der Waals surface area contributed by atoms with Crippen molar-refractivity contribution in [3.63, 3.8) is 0 Å². The Morgan fingerprint density at radius 3 is 2.58 bits per heavy atom. The van der Waals surface area contributed by atoms with Crippen LogP contribution in [0, 0.1) is 0 Å². The monoisotopic (exact) mass is 332 g/mol. The third kappa shape index (κ3) is 5.53. The Hall–Kier alpha value is -2.08. The van der Waals surface area contributed by atoms with Crippen molar-refractivity contribution in [3.8, 4) is 0 Å². The molecule has 2 N–H and O–H groups in total. The van der Waals surface area contributed by atoms with E-state index < -0.39 is 0 Å². The Labute approximate surface area is 144 Å². The molecule has 24 heavy (non-hydrogen) atoms. The van der Waals surface area contributed by atoms with Crippen LogP contribution in [0.1, 0.15) is 30.9 Å². The topological polar surface area (TPSA) is 66.0 Å². The van der Waals surface area contributed by atoms with Gasteiger partial charge in [0.05, 0.1) is 19.7 Å². The van der Waals surface area contributed by atoms with Crippen LogP contribution >= 0.6 is 0 Å². The number of ether oxygens (including phenoxy) is 1. The number of nitrogens with one attached hydrogen (secondary N) is 2. The van der Waals surface area contributed by atoms with E-state index in [-0.39, 0.29) is 12.5 Å². The van der Waals surface area contributed by atoms with Gasteiger partial charge in [0.1, 0.15) is 0 Å². The minimum Gasteiger partial charge on any atom is -0.380 e. The molecule has 1 fully saturated rings. The lowest BCUT2D eigenvalue weighted by molar-refractivity contribution is -0.128. The number of benzene rings is 1. The average molecular weight is 332 g/mol. The van der Waals surface area contributed by atoms with Crippen molar-refractivity contribution in [2.75, 3.05) is 33.3 Å². The van der Waals surface area contributed by atoms with Gasteiger partial charge in [-0.1, -0.05) is 24.3 Å². The fourth-order valence-electron chi connectivity index (χ4n) is 2.75. The number of amides is 1. The van der Waals surface area contributed by atoms with Gasteiger partial charge in [0.25, 0.3) is 0 Å². The SMILES string of the molecule is CCNC(=NCc1ccccc1COC)NCC(=O)N1CCCC1. The van der Waals surface area contributed by atoms with Gasteiger partial charge in [-0.3, -0.25) is 4.79 Å². The fraction of sp³-hybridized carbons (Fsp3) is 0.556. The summed E-state index contributed by atoms with van der Waals surface area (Å²) in [6, 6.07) is 8.10. The first-order chi connectivity index (χ1) is 11.7. The normalized spacial score (nSPS) is 14.8. The van der Waals surface area contributed by atoms with Gasteiger partial charge in [-0.25, -0.2) is 4.99 Å². The molecule has 6 heteroatoms. The second-order valence-corrected chi connectivity index (χ2v) is 5.84. The maximum absolute atomic E-state index is 12.1. The Balaban J connectivity index is 1.93. The Morgan fingerprint density at radius 2 is 1.92 bits per heavy atom. The summed E-state index contributed by atoms with van der Waals surface area (Å²) in [5.41, 5.74) is 2.26. The highest BCUT2D eigenvalue weighted by atomic mass is 16.5. The van der Waals surface area contributed by atoms with Crippen LogP contribution in [0.3, 0.4) is 0 Å². The van der Waals surface area contributed by atoms with Crippen molar-refractivity contribution in [3.05, 3.63) is 35.4 Å². The molecule has 0 aromatic heterocycles. The van der Waals surface area contributed by atoms with Crippen LogP contribution in [0.5, 0.6) is 0 Å². The summed E-state index contributed by atoms with van der Waals surface area (Å²) in [4.78, 5) is 18.6. The van der Waals surface area contributed by atoms with Gasteiger partial charge in [0.2, 0.25) is 5.91 Å². The molecule has 132 valence electrons. The first kappa shape index (κ1) is 18.3. The predicted molar refractivity (Wildman–Crippen MR) is 95.8 cm³/mol. The van der Waals surface area contributed by atoms with Gasteiger partial charge >= 0.3 is 0 Å². The van der Waals surface area contributed by atoms with Gasteiger partial charge in [-0.05, 0) is 30.9 Å². The van der Waals surface area contributed by atoms with E-state index in [1.165, 1.54) is 0 Å². The molecule has 0 aliphatic carbocycles. The van der Waals surface area contributed by atoms with Crippen LogP contribution in [0.25, 0.3) is 0 Å². The lowest BCUT2D eigenvalue weighted by Gasteiger charge is -2.17. The fourth-order valence-corrected chi connectivity index (χ4v) is 2.75. The summed E-state index contributed by atoms with van der Waals surface area (Å²) in [5, 5.41) is 6.32. The molecule has 0 spiro atoms. The van der Waals surface area contributed by atoms with Crippen molar-refractivity contribution in [2.45, 2.75) is 32.9 Å². The molecule has 1 aromatic rings. The smallest absolute Gasteiger partial charge is 0.241 e. The number of likely N-dealkylation sites (tertiary alicyclic amines) is 1. The van der Waals surface area contributed by atoms with E-state index in [9.17, 15) is 4.79 Å². The number of hydrogen-bond acceptors (Lipinski definition) is 3. The van der Waals surface area contributed by atoms with Crippen LogP contribution in [-0.2, 0) is 22.7 Å². The van der Waals surface area contributed by atoms with Crippen molar-refractivity contribution in [1.82, 2.24) is 15.5 Å². The highest BCUT2D eigenvalue weighted by Crippen LogP contribution is 2.11. The summed E-state index contributed by atoms with van der Waals surface area (Å²) in [5.74, 6) is 0.801. The molecule has 1 heterocycles. The number of guanidine groups is 1. The summed E-state index contributed by atoms with van der Waals surface area (Å²) >= 11 is 0. The van der Waals surface area contributed by atoms with Gasteiger partial charge in [0, 0.05) is 26.7 Å². The van der Waals surface area contributed by atoms with Crippen LogP contribution in [-0.4, -0.2) is 50.1 Å². The Bertz CT molecular complexity index is 554. The molecule has 0 atom stereocenters. The standard InChI is InChI=1S/C18H28N4O2/c1-3-19-18(21-13-17(23)22-10-6-7-11-22)20-12-15-8-4-5-9-16(15)14-24-2/h4-5,8-9H,3,6-7,10-14H2,1-2H3,(H2,19,20,21). The maximum Gasteiger partial charge on any atom is 0.241 e. The zero-order valence-corrected chi connectivity index (χ0v) is 14.7. The summed E-state index contributed by atoms with van der Waals surface area (Å²) in [6.07, 6.45) is 2.21. The molecule has 0 saturated carbocycles. The van der Waals surface area contributed by atoms with E-state index in [0.717, 1.165) is 43.6 Å². The van der Waals surface area contributed by atoms with Crippen LogP contribution in [0.15, 0.2) is 29.3 Å². The van der Waals surface area contributed by atoms with E-state index in [1.54, 1.807) is 7.11 Å². The number of methoxy groups -OCH3 is 1. The van der Waals surface area contributed by atoms with E-state index >= 15 is 0 Å². The third-order valence-electron chi connectivity index (χ3n) is 4.04. The zero-order chi connectivity index (χ0) is 17.2. The van der Waals surface area contributed by atoms with Gasteiger partial charge in [-0.15, -0.1) is 0 Å². The number of carbonyl (C=O) groups is 1. The quantitative estimate of drug-likeness (QED) is 0.587. The predicted octanol–water partition coefficient (Wildman–Crippen LogP) is 1.51. The van der Waals surface area contributed by atoms with Gasteiger partial charge in [-0.2, -0.15) is 0 Å². The molecular formula is C18H28N4O2. The van der Waals surface area contributed by atoms with Crippen LogP contribution in [0.4, 0.5) is 0 Å². The lowest BCUT2D eigenvalue weighted by atomic mass is 10.1. The summed E-state index contributed by atoms with van der Waals surface area (Å²) < 4.78 is 5.23.